The van der Waals surface area contributed by atoms with Gasteiger partial charge in [0.25, 0.3) is 0 Å². The minimum atomic E-state index is -0.293. The quantitative estimate of drug-likeness (QED) is 0.771. The Morgan fingerprint density at radius 3 is 2.75 bits per heavy atom. The lowest BCUT2D eigenvalue weighted by Crippen LogP contribution is -2.27. The maximum atomic E-state index is 12.5. The molecule has 0 aliphatic carbocycles. The van der Waals surface area contributed by atoms with Crippen LogP contribution in [0, 0.1) is 17.7 Å². The summed E-state index contributed by atoms with van der Waals surface area (Å²) in [5.74, 6) is 5.04. The SMILES string of the molecule is COCC(=O)NCC#Cc1ccc(F)cc1. The van der Waals surface area contributed by atoms with Gasteiger partial charge >= 0.3 is 0 Å². The zero-order chi connectivity index (χ0) is 11.8. The van der Waals surface area contributed by atoms with Gasteiger partial charge in [0.05, 0.1) is 6.54 Å². The van der Waals surface area contributed by atoms with Gasteiger partial charge in [-0.2, -0.15) is 0 Å². The van der Waals surface area contributed by atoms with E-state index in [9.17, 15) is 9.18 Å². The van der Waals surface area contributed by atoms with Crippen LogP contribution in [0.15, 0.2) is 24.3 Å². The van der Waals surface area contributed by atoms with Crippen LogP contribution >= 0.6 is 0 Å². The van der Waals surface area contributed by atoms with E-state index in [4.69, 9.17) is 0 Å². The lowest BCUT2D eigenvalue weighted by atomic mass is 10.2. The number of halogens is 1. The normalized spacial score (nSPS) is 9.12. The van der Waals surface area contributed by atoms with E-state index in [0.717, 1.165) is 0 Å². The van der Waals surface area contributed by atoms with Crippen LogP contribution in [-0.2, 0) is 9.53 Å². The smallest absolute Gasteiger partial charge is 0.246 e. The molecule has 0 spiro atoms. The Bertz CT molecular complexity index is 403. The molecule has 4 heteroatoms. The molecule has 0 fully saturated rings. The van der Waals surface area contributed by atoms with Crippen LogP contribution in [0.25, 0.3) is 0 Å². The molecule has 0 saturated heterocycles. The van der Waals surface area contributed by atoms with Crippen LogP contribution in [0.1, 0.15) is 5.56 Å². The third kappa shape index (κ3) is 4.58. The second kappa shape index (κ2) is 6.59. The van der Waals surface area contributed by atoms with E-state index in [2.05, 4.69) is 21.9 Å². The van der Waals surface area contributed by atoms with Crippen LogP contribution in [-0.4, -0.2) is 26.2 Å². The Morgan fingerprint density at radius 1 is 1.44 bits per heavy atom. The Kier molecular flexibility index (Phi) is 5.03. The van der Waals surface area contributed by atoms with Crippen molar-refractivity contribution in [3.05, 3.63) is 35.6 Å². The molecule has 0 saturated carbocycles. The van der Waals surface area contributed by atoms with E-state index in [1.807, 2.05) is 0 Å². The van der Waals surface area contributed by atoms with Crippen molar-refractivity contribution in [3.8, 4) is 11.8 Å². The van der Waals surface area contributed by atoms with Gasteiger partial charge < -0.3 is 10.1 Å². The fourth-order valence-corrected chi connectivity index (χ4v) is 1.00. The van der Waals surface area contributed by atoms with E-state index in [1.54, 1.807) is 12.1 Å². The molecule has 16 heavy (non-hydrogen) atoms. The molecule has 1 rings (SSSR count). The van der Waals surface area contributed by atoms with Gasteiger partial charge in [-0.1, -0.05) is 11.8 Å². The predicted octanol–water partition coefficient (Wildman–Crippen LogP) is 0.940. The van der Waals surface area contributed by atoms with Crippen molar-refractivity contribution in [2.75, 3.05) is 20.3 Å². The van der Waals surface area contributed by atoms with Crippen molar-refractivity contribution < 1.29 is 13.9 Å². The summed E-state index contributed by atoms with van der Waals surface area (Å²) in [6, 6.07) is 5.85. The van der Waals surface area contributed by atoms with Gasteiger partial charge in [-0.25, -0.2) is 4.39 Å². The molecule has 0 unspecified atom stereocenters. The first-order chi connectivity index (χ1) is 7.72. The van der Waals surface area contributed by atoms with E-state index >= 15 is 0 Å². The van der Waals surface area contributed by atoms with E-state index in [-0.39, 0.29) is 24.9 Å². The molecule has 0 aliphatic heterocycles. The summed E-state index contributed by atoms with van der Waals surface area (Å²) in [7, 11) is 1.45. The molecule has 1 amide bonds. The predicted molar refractivity (Wildman–Crippen MR) is 58.2 cm³/mol. The number of benzene rings is 1. The number of nitrogens with one attached hydrogen (secondary N) is 1. The highest BCUT2D eigenvalue weighted by atomic mass is 19.1. The highest BCUT2D eigenvalue weighted by Gasteiger charge is 1.95. The maximum Gasteiger partial charge on any atom is 0.246 e. The van der Waals surface area contributed by atoms with E-state index in [1.165, 1.54) is 19.2 Å². The summed E-state index contributed by atoms with van der Waals surface area (Å²) >= 11 is 0. The van der Waals surface area contributed by atoms with Gasteiger partial charge in [0.15, 0.2) is 0 Å². The molecule has 1 aromatic rings. The summed E-state index contributed by atoms with van der Waals surface area (Å²) in [6.45, 7) is 0.276. The fourth-order valence-electron chi connectivity index (χ4n) is 1.00. The van der Waals surface area contributed by atoms with Gasteiger partial charge in [0, 0.05) is 12.7 Å². The summed E-state index contributed by atoms with van der Waals surface area (Å²) in [6.07, 6.45) is 0. The number of carbonyl (C=O) groups excluding carboxylic acids is 1. The van der Waals surface area contributed by atoms with Crippen molar-refractivity contribution in [1.29, 1.82) is 0 Å². The number of hydrogen-bond donors (Lipinski definition) is 1. The molecule has 0 atom stereocenters. The van der Waals surface area contributed by atoms with Crippen molar-refractivity contribution >= 4 is 5.91 Å². The molecular weight excluding hydrogens is 209 g/mol. The molecule has 0 heterocycles. The molecule has 84 valence electrons. The second-order valence-corrected chi connectivity index (χ2v) is 3.02. The molecule has 1 aromatic carbocycles. The van der Waals surface area contributed by atoms with Crippen LogP contribution in [0.3, 0.4) is 0 Å². The largest absolute Gasteiger partial charge is 0.375 e. The van der Waals surface area contributed by atoms with Crippen molar-refractivity contribution in [3.63, 3.8) is 0 Å². The number of ether oxygens (including phenoxy) is 1. The van der Waals surface area contributed by atoms with Gasteiger partial charge in [0.2, 0.25) is 5.91 Å². The van der Waals surface area contributed by atoms with Crippen LogP contribution < -0.4 is 5.32 Å². The van der Waals surface area contributed by atoms with Crippen molar-refractivity contribution in [1.82, 2.24) is 5.32 Å². The summed E-state index contributed by atoms with van der Waals surface area (Å²) < 4.78 is 17.2. The Labute approximate surface area is 93.6 Å². The number of hydrogen-bond acceptors (Lipinski definition) is 2. The third-order valence-corrected chi connectivity index (χ3v) is 1.73. The zero-order valence-corrected chi connectivity index (χ0v) is 8.92. The molecule has 0 radical (unpaired) electrons. The van der Waals surface area contributed by atoms with Crippen LogP contribution in [0.2, 0.25) is 0 Å². The highest BCUT2D eigenvalue weighted by Crippen LogP contribution is 1.99. The fraction of sp³-hybridized carbons (Fsp3) is 0.250. The lowest BCUT2D eigenvalue weighted by Gasteiger charge is -1.97. The van der Waals surface area contributed by atoms with Gasteiger partial charge in [-0.3, -0.25) is 4.79 Å². The Balaban J connectivity index is 2.38. The van der Waals surface area contributed by atoms with Gasteiger partial charge in [-0.15, -0.1) is 0 Å². The van der Waals surface area contributed by atoms with Crippen molar-refractivity contribution in [2.24, 2.45) is 0 Å². The summed E-state index contributed by atoms with van der Waals surface area (Å²) in [4.78, 5) is 10.9. The Morgan fingerprint density at radius 2 is 2.12 bits per heavy atom. The summed E-state index contributed by atoms with van der Waals surface area (Å²) in [5, 5.41) is 2.55. The standard InChI is InChI=1S/C12H12FNO2/c1-16-9-12(15)14-8-2-3-10-4-6-11(13)7-5-10/h4-7H,8-9H2,1H3,(H,14,15). The molecular formula is C12H12FNO2. The zero-order valence-electron chi connectivity index (χ0n) is 8.92. The average molecular weight is 221 g/mol. The number of methoxy groups -OCH3 is 1. The molecule has 0 aliphatic rings. The van der Waals surface area contributed by atoms with E-state index < -0.39 is 0 Å². The average Bonchev–Trinajstić information content (AvgIpc) is 2.27. The summed E-state index contributed by atoms with van der Waals surface area (Å²) in [5.41, 5.74) is 0.711. The highest BCUT2D eigenvalue weighted by molar-refractivity contribution is 5.77. The van der Waals surface area contributed by atoms with Crippen LogP contribution in [0.4, 0.5) is 4.39 Å². The van der Waals surface area contributed by atoms with E-state index in [0.29, 0.717) is 5.56 Å². The monoisotopic (exact) mass is 221 g/mol. The number of carbonyl (C=O) groups is 1. The molecule has 0 aromatic heterocycles. The molecule has 0 bridgehead atoms. The van der Waals surface area contributed by atoms with Crippen LogP contribution in [0.5, 0.6) is 0 Å². The first-order valence-electron chi connectivity index (χ1n) is 4.72. The van der Waals surface area contributed by atoms with Gasteiger partial charge in [0.1, 0.15) is 12.4 Å². The molecule has 1 N–H and O–H groups in total. The minimum Gasteiger partial charge on any atom is -0.375 e. The minimum absolute atomic E-state index is 0.0260. The Hall–Kier alpha value is -1.86. The number of amides is 1. The first kappa shape index (κ1) is 12.2. The molecule has 3 nitrogen and oxygen atoms in total. The second-order valence-electron chi connectivity index (χ2n) is 3.02. The first-order valence-corrected chi connectivity index (χ1v) is 4.72. The lowest BCUT2D eigenvalue weighted by molar-refractivity contribution is -0.124. The topological polar surface area (TPSA) is 38.3 Å². The maximum absolute atomic E-state index is 12.5. The third-order valence-electron chi connectivity index (χ3n) is 1.73. The van der Waals surface area contributed by atoms with Gasteiger partial charge in [-0.05, 0) is 24.3 Å². The number of rotatable bonds is 3. The van der Waals surface area contributed by atoms with Crippen molar-refractivity contribution in [2.45, 2.75) is 0 Å².